The summed E-state index contributed by atoms with van der Waals surface area (Å²) in [6.07, 6.45) is 1.56. The first-order valence-electron chi connectivity index (χ1n) is 11.6. The lowest BCUT2D eigenvalue weighted by Crippen LogP contribution is -2.20. The Kier molecular flexibility index (Phi) is 8.92. The summed E-state index contributed by atoms with van der Waals surface area (Å²) in [7, 11) is 1.58. The molecule has 3 aromatic rings. The molecule has 0 aliphatic heterocycles. The van der Waals surface area contributed by atoms with Crippen molar-refractivity contribution in [2.24, 2.45) is 5.10 Å². The lowest BCUT2D eigenvalue weighted by molar-refractivity contribution is -0.118. The van der Waals surface area contributed by atoms with Crippen molar-refractivity contribution in [3.63, 3.8) is 0 Å². The van der Waals surface area contributed by atoms with Crippen LogP contribution in [-0.2, 0) is 16.8 Å². The van der Waals surface area contributed by atoms with Gasteiger partial charge in [-0.2, -0.15) is 5.10 Å². The van der Waals surface area contributed by atoms with E-state index in [4.69, 9.17) is 9.47 Å². The fraction of sp³-hybridized carbons (Fsp3) is 0.385. The highest BCUT2D eigenvalue weighted by molar-refractivity contribution is 7.99. The zero-order valence-corrected chi connectivity index (χ0v) is 22.0. The number of nitrogens with zero attached hydrogens (tertiary/aromatic N) is 4. The third-order valence-corrected chi connectivity index (χ3v) is 6.23. The number of nitrogens with one attached hydrogen (secondary N) is 1. The van der Waals surface area contributed by atoms with Gasteiger partial charge in [0.25, 0.3) is 5.91 Å². The van der Waals surface area contributed by atoms with E-state index in [2.05, 4.69) is 65.8 Å². The Morgan fingerprint density at radius 3 is 2.49 bits per heavy atom. The molecule has 3 rings (SSSR count). The number of carbonyl (C=O) groups is 1. The van der Waals surface area contributed by atoms with Crippen LogP contribution in [0.25, 0.3) is 11.4 Å². The molecule has 0 aliphatic rings. The van der Waals surface area contributed by atoms with E-state index in [1.807, 2.05) is 30.5 Å². The van der Waals surface area contributed by atoms with Gasteiger partial charge < -0.3 is 14.0 Å². The zero-order valence-electron chi connectivity index (χ0n) is 21.2. The highest BCUT2D eigenvalue weighted by Crippen LogP contribution is 2.28. The number of thioether (sulfide) groups is 1. The Morgan fingerprint density at radius 1 is 1.11 bits per heavy atom. The van der Waals surface area contributed by atoms with Crippen LogP contribution in [0.5, 0.6) is 11.5 Å². The molecule has 0 saturated carbocycles. The average molecular weight is 496 g/mol. The normalized spacial score (nSPS) is 11.6. The SMILES string of the molecule is CCOc1ccc(C=NNC(=O)CSc2nnc(-c3ccc(C(C)(C)C)cc3)n2CC)cc1OC. The van der Waals surface area contributed by atoms with Crippen LogP contribution in [0, 0.1) is 0 Å². The molecule has 1 N–H and O–H groups in total. The van der Waals surface area contributed by atoms with Crippen LogP contribution < -0.4 is 14.9 Å². The molecule has 1 amide bonds. The lowest BCUT2D eigenvalue weighted by atomic mass is 9.87. The maximum Gasteiger partial charge on any atom is 0.250 e. The monoisotopic (exact) mass is 495 g/mol. The molecule has 0 aliphatic carbocycles. The number of hydrogen-bond donors (Lipinski definition) is 1. The summed E-state index contributed by atoms with van der Waals surface area (Å²) >= 11 is 1.33. The molecule has 8 nitrogen and oxygen atoms in total. The second-order valence-corrected chi connectivity index (χ2v) is 9.75. The van der Waals surface area contributed by atoms with Crippen molar-refractivity contribution in [1.29, 1.82) is 0 Å². The third kappa shape index (κ3) is 6.85. The van der Waals surface area contributed by atoms with Gasteiger partial charge in [-0.1, -0.05) is 56.8 Å². The smallest absolute Gasteiger partial charge is 0.250 e. The first-order valence-corrected chi connectivity index (χ1v) is 12.5. The number of hydrazone groups is 1. The highest BCUT2D eigenvalue weighted by Gasteiger charge is 2.17. The fourth-order valence-electron chi connectivity index (χ4n) is 3.39. The third-order valence-electron chi connectivity index (χ3n) is 5.26. The van der Waals surface area contributed by atoms with Crippen LogP contribution >= 0.6 is 11.8 Å². The minimum atomic E-state index is -0.231. The minimum absolute atomic E-state index is 0.0901. The maximum absolute atomic E-state index is 12.3. The number of hydrogen-bond acceptors (Lipinski definition) is 7. The van der Waals surface area contributed by atoms with Gasteiger partial charge in [-0.05, 0) is 48.6 Å². The molecule has 35 heavy (non-hydrogen) atoms. The number of amides is 1. The summed E-state index contributed by atoms with van der Waals surface area (Å²) in [5.41, 5.74) is 5.69. The van der Waals surface area contributed by atoms with E-state index in [1.54, 1.807) is 19.4 Å². The molecule has 1 aromatic heterocycles. The quantitative estimate of drug-likeness (QED) is 0.244. The predicted molar refractivity (Wildman–Crippen MR) is 140 cm³/mol. The van der Waals surface area contributed by atoms with Crippen LogP contribution in [0.2, 0.25) is 0 Å². The number of methoxy groups -OCH3 is 1. The van der Waals surface area contributed by atoms with Gasteiger partial charge >= 0.3 is 0 Å². The number of carbonyl (C=O) groups excluding carboxylic acids is 1. The van der Waals surface area contributed by atoms with E-state index in [0.29, 0.717) is 29.8 Å². The average Bonchev–Trinajstić information content (AvgIpc) is 3.26. The van der Waals surface area contributed by atoms with Crippen molar-refractivity contribution in [3.05, 3.63) is 53.6 Å². The van der Waals surface area contributed by atoms with Crippen LogP contribution in [-0.4, -0.2) is 46.4 Å². The number of rotatable bonds is 10. The van der Waals surface area contributed by atoms with E-state index in [0.717, 1.165) is 17.0 Å². The first kappa shape index (κ1) is 26.3. The van der Waals surface area contributed by atoms with E-state index < -0.39 is 0 Å². The second kappa shape index (κ2) is 11.9. The Bertz CT molecular complexity index is 1170. The largest absolute Gasteiger partial charge is 0.493 e. The highest BCUT2D eigenvalue weighted by atomic mass is 32.2. The van der Waals surface area contributed by atoms with Gasteiger partial charge in [0.2, 0.25) is 0 Å². The molecule has 2 aromatic carbocycles. The summed E-state index contributed by atoms with van der Waals surface area (Å²) in [6.45, 7) is 11.8. The maximum atomic E-state index is 12.3. The molecular weight excluding hydrogens is 462 g/mol. The molecular formula is C26H33N5O3S. The summed E-state index contributed by atoms with van der Waals surface area (Å²) in [5, 5.41) is 13.4. The van der Waals surface area contributed by atoms with Crippen LogP contribution in [0.3, 0.4) is 0 Å². The molecule has 186 valence electrons. The zero-order chi connectivity index (χ0) is 25.4. The fourth-order valence-corrected chi connectivity index (χ4v) is 4.19. The Morgan fingerprint density at radius 2 is 1.86 bits per heavy atom. The number of benzene rings is 2. The van der Waals surface area contributed by atoms with Crippen molar-refractivity contribution in [2.45, 2.75) is 51.7 Å². The molecule has 0 fully saturated rings. The summed E-state index contributed by atoms with van der Waals surface area (Å²) in [4.78, 5) is 12.3. The van der Waals surface area contributed by atoms with Gasteiger partial charge in [0, 0.05) is 12.1 Å². The minimum Gasteiger partial charge on any atom is -0.493 e. The number of ether oxygens (including phenoxy) is 2. The molecule has 1 heterocycles. The van der Waals surface area contributed by atoms with Crippen molar-refractivity contribution in [1.82, 2.24) is 20.2 Å². The topological polar surface area (TPSA) is 90.6 Å². The van der Waals surface area contributed by atoms with Crippen molar-refractivity contribution in [2.75, 3.05) is 19.5 Å². The summed E-state index contributed by atoms with van der Waals surface area (Å²) in [5.74, 6) is 2.01. The second-order valence-electron chi connectivity index (χ2n) is 8.80. The molecule has 0 spiro atoms. The van der Waals surface area contributed by atoms with Crippen molar-refractivity contribution >= 4 is 23.9 Å². The standard InChI is InChI=1S/C26H33N5O3S/c1-7-31-24(19-10-12-20(13-11-19)26(3,4)5)29-30-25(31)35-17-23(32)28-27-16-18-9-14-21(34-8-2)22(15-18)33-6/h9-16H,7-8,17H2,1-6H3,(H,28,32). The number of aromatic nitrogens is 3. The van der Waals surface area contributed by atoms with Crippen LogP contribution in [0.4, 0.5) is 0 Å². The van der Waals surface area contributed by atoms with Gasteiger partial charge in [0.15, 0.2) is 22.5 Å². The predicted octanol–water partition coefficient (Wildman–Crippen LogP) is 4.91. The summed E-state index contributed by atoms with van der Waals surface area (Å²) in [6, 6.07) is 13.9. The molecule has 0 saturated heterocycles. The van der Waals surface area contributed by atoms with Crippen molar-refractivity contribution < 1.29 is 14.3 Å². The van der Waals surface area contributed by atoms with E-state index in [-0.39, 0.29) is 17.1 Å². The van der Waals surface area contributed by atoms with Crippen LogP contribution in [0.15, 0.2) is 52.7 Å². The Balaban J connectivity index is 1.60. The van der Waals surface area contributed by atoms with Gasteiger partial charge in [0.05, 0.1) is 25.7 Å². The van der Waals surface area contributed by atoms with Gasteiger partial charge in [-0.25, -0.2) is 5.43 Å². The molecule has 0 bridgehead atoms. The molecule has 0 radical (unpaired) electrons. The van der Waals surface area contributed by atoms with Gasteiger partial charge in [-0.15, -0.1) is 10.2 Å². The van der Waals surface area contributed by atoms with Crippen LogP contribution in [0.1, 0.15) is 45.7 Å². The van der Waals surface area contributed by atoms with E-state index in [9.17, 15) is 4.79 Å². The first-order chi connectivity index (χ1) is 16.8. The molecule has 9 heteroatoms. The van der Waals surface area contributed by atoms with Gasteiger partial charge in [-0.3, -0.25) is 4.79 Å². The molecule has 0 atom stereocenters. The van der Waals surface area contributed by atoms with E-state index >= 15 is 0 Å². The van der Waals surface area contributed by atoms with Crippen molar-refractivity contribution in [3.8, 4) is 22.9 Å². The molecule has 0 unspecified atom stereocenters. The van der Waals surface area contributed by atoms with Gasteiger partial charge in [0.1, 0.15) is 0 Å². The lowest BCUT2D eigenvalue weighted by Gasteiger charge is -2.19. The van der Waals surface area contributed by atoms with E-state index in [1.165, 1.54) is 17.3 Å². The summed E-state index contributed by atoms with van der Waals surface area (Å²) < 4.78 is 12.9. The Labute approximate surface area is 211 Å². The Hall–Kier alpha value is -3.33.